The van der Waals surface area contributed by atoms with Crippen LogP contribution in [0.4, 0.5) is 4.39 Å². The summed E-state index contributed by atoms with van der Waals surface area (Å²) in [5.74, 6) is 0. The van der Waals surface area contributed by atoms with Gasteiger partial charge in [0.2, 0.25) is 9.05 Å². The smallest absolute Gasteiger partial charge is 0.235 e. The van der Waals surface area contributed by atoms with Crippen molar-refractivity contribution >= 4 is 19.7 Å². The first-order valence-corrected chi connectivity index (χ1v) is 5.45. The average molecular weight is 187 g/mol. The van der Waals surface area contributed by atoms with Crippen LogP contribution in [0.25, 0.3) is 0 Å². The van der Waals surface area contributed by atoms with Crippen molar-refractivity contribution in [1.29, 1.82) is 0 Å². The van der Waals surface area contributed by atoms with Crippen LogP contribution in [0.3, 0.4) is 0 Å². The van der Waals surface area contributed by atoms with Crippen LogP contribution in [-0.4, -0.2) is 19.8 Å². The van der Waals surface area contributed by atoms with E-state index in [1.807, 2.05) is 0 Å². The molecule has 0 aromatic carbocycles. The molecule has 10 heavy (non-hydrogen) atoms. The molecule has 2 atom stereocenters. The molecule has 1 aliphatic carbocycles. The number of hydrogen-bond donors (Lipinski definition) is 0. The van der Waals surface area contributed by atoms with Gasteiger partial charge in [-0.05, 0) is 19.3 Å². The lowest BCUT2D eigenvalue weighted by Gasteiger charge is -2.01. The Morgan fingerprint density at radius 2 is 2.00 bits per heavy atom. The number of hydrogen-bond acceptors (Lipinski definition) is 2. The largest absolute Gasteiger partial charge is 0.247 e. The normalized spacial score (nSPS) is 34.6. The monoisotopic (exact) mass is 186 g/mol. The third kappa shape index (κ3) is 1.83. The van der Waals surface area contributed by atoms with Gasteiger partial charge in [-0.25, -0.2) is 12.8 Å². The molecule has 0 aromatic rings. The van der Waals surface area contributed by atoms with Crippen molar-refractivity contribution in [2.24, 2.45) is 0 Å². The van der Waals surface area contributed by atoms with E-state index in [9.17, 15) is 12.8 Å². The molecule has 0 N–H and O–H groups in total. The minimum absolute atomic E-state index is 0.0752. The highest BCUT2D eigenvalue weighted by Gasteiger charge is 2.32. The molecule has 2 nitrogen and oxygen atoms in total. The van der Waals surface area contributed by atoms with Gasteiger partial charge in [0.15, 0.2) is 0 Å². The summed E-state index contributed by atoms with van der Waals surface area (Å²) in [5, 5.41) is -0.649. The Bertz CT molecular complexity index is 214. The first-order chi connectivity index (χ1) is 4.50. The van der Waals surface area contributed by atoms with Gasteiger partial charge >= 0.3 is 0 Å². The highest BCUT2D eigenvalue weighted by Crippen LogP contribution is 2.29. The summed E-state index contributed by atoms with van der Waals surface area (Å²) in [6.45, 7) is 0. The quantitative estimate of drug-likeness (QED) is 0.581. The van der Waals surface area contributed by atoms with Crippen LogP contribution in [0, 0.1) is 0 Å². The molecule has 1 rings (SSSR count). The molecule has 0 saturated heterocycles. The molecule has 1 saturated carbocycles. The third-order valence-electron chi connectivity index (χ3n) is 1.72. The maximum absolute atomic E-state index is 12.4. The van der Waals surface area contributed by atoms with Crippen LogP contribution in [0.15, 0.2) is 0 Å². The number of alkyl halides is 1. The molecular formula is C5H8ClFO2S. The molecule has 0 radical (unpaired) electrons. The van der Waals surface area contributed by atoms with Gasteiger partial charge in [0.25, 0.3) is 0 Å². The molecule has 1 fully saturated rings. The summed E-state index contributed by atoms with van der Waals surface area (Å²) in [6, 6.07) is 0. The molecule has 0 aliphatic heterocycles. The lowest BCUT2D eigenvalue weighted by atomic mass is 10.3. The van der Waals surface area contributed by atoms with Crippen molar-refractivity contribution in [3.63, 3.8) is 0 Å². The summed E-state index contributed by atoms with van der Waals surface area (Å²) < 4.78 is 33.5. The van der Waals surface area contributed by atoms with Gasteiger partial charge in [0.1, 0.15) is 6.17 Å². The highest BCUT2D eigenvalue weighted by molar-refractivity contribution is 8.14. The predicted octanol–water partition coefficient (Wildman–Crippen LogP) is 1.45. The summed E-state index contributed by atoms with van der Waals surface area (Å²) in [5.41, 5.74) is 0. The molecule has 1 unspecified atom stereocenters. The Morgan fingerprint density at radius 1 is 1.40 bits per heavy atom. The molecule has 5 heteroatoms. The minimum Gasteiger partial charge on any atom is -0.247 e. The fourth-order valence-electron chi connectivity index (χ4n) is 1.14. The maximum atomic E-state index is 12.4. The molecular weight excluding hydrogens is 179 g/mol. The topological polar surface area (TPSA) is 34.1 Å². The van der Waals surface area contributed by atoms with Crippen molar-refractivity contribution in [2.45, 2.75) is 30.7 Å². The van der Waals surface area contributed by atoms with E-state index in [4.69, 9.17) is 10.7 Å². The lowest BCUT2D eigenvalue weighted by Crippen LogP contribution is -2.11. The van der Waals surface area contributed by atoms with Crippen molar-refractivity contribution in [3.05, 3.63) is 0 Å². The van der Waals surface area contributed by atoms with Gasteiger partial charge in [-0.1, -0.05) is 0 Å². The van der Waals surface area contributed by atoms with Gasteiger partial charge in [-0.15, -0.1) is 0 Å². The standard InChI is InChI=1S/C5H8ClFO2S/c6-10(8,9)5-2-1-4(7)3-5/h4-5H,1-3H2/t4-,5?/m1/s1. The summed E-state index contributed by atoms with van der Waals surface area (Å²) >= 11 is 0. The predicted molar refractivity (Wildman–Crippen MR) is 37.3 cm³/mol. The fraction of sp³-hybridized carbons (Fsp3) is 1.00. The van der Waals surface area contributed by atoms with Crippen molar-refractivity contribution in [3.8, 4) is 0 Å². The van der Waals surface area contributed by atoms with Crippen LogP contribution in [-0.2, 0) is 9.05 Å². The van der Waals surface area contributed by atoms with E-state index in [0.29, 0.717) is 12.8 Å². The minimum atomic E-state index is -3.50. The molecule has 0 bridgehead atoms. The fourth-order valence-corrected chi connectivity index (χ4v) is 2.49. The molecule has 0 spiro atoms. The van der Waals surface area contributed by atoms with Gasteiger partial charge in [0, 0.05) is 10.7 Å². The van der Waals surface area contributed by atoms with E-state index in [2.05, 4.69) is 0 Å². The SMILES string of the molecule is O=S(=O)(Cl)C1CC[C@@H](F)C1. The van der Waals surface area contributed by atoms with Crippen molar-refractivity contribution in [2.75, 3.05) is 0 Å². The van der Waals surface area contributed by atoms with Crippen molar-refractivity contribution < 1.29 is 12.8 Å². The first kappa shape index (κ1) is 8.27. The van der Waals surface area contributed by atoms with Crippen molar-refractivity contribution in [1.82, 2.24) is 0 Å². The lowest BCUT2D eigenvalue weighted by molar-refractivity contribution is 0.343. The summed E-state index contributed by atoms with van der Waals surface area (Å²) in [4.78, 5) is 0. The Hall–Kier alpha value is 0.170. The van der Waals surface area contributed by atoms with E-state index in [1.165, 1.54) is 0 Å². The van der Waals surface area contributed by atoms with E-state index >= 15 is 0 Å². The zero-order chi connectivity index (χ0) is 7.78. The van der Waals surface area contributed by atoms with E-state index in [-0.39, 0.29) is 6.42 Å². The Morgan fingerprint density at radius 3 is 2.20 bits per heavy atom. The second kappa shape index (κ2) is 2.66. The summed E-state index contributed by atoms with van der Waals surface area (Å²) in [7, 11) is 1.51. The van der Waals surface area contributed by atoms with Gasteiger partial charge < -0.3 is 0 Å². The van der Waals surface area contributed by atoms with E-state index in [1.54, 1.807) is 0 Å². The van der Waals surface area contributed by atoms with E-state index in [0.717, 1.165) is 0 Å². The van der Waals surface area contributed by atoms with Crippen LogP contribution in [0.2, 0.25) is 0 Å². The highest BCUT2D eigenvalue weighted by atomic mass is 35.7. The zero-order valence-electron chi connectivity index (χ0n) is 5.26. The maximum Gasteiger partial charge on any atom is 0.235 e. The molecule has 0 amide bonds. The van der Waals surface area contributed by atoms with Gasteiger partial charge in [-0.2, -0.15) is 0 Å². The number of rotatable bonds is 1. The Balaban J connectivity index is 2.62. The number of halogens is 2. The molecule has 0 aromatic heterocycles. The second-order valence-electron chi connectivity index (χ2n) is 2.51. The molecule has 60 valence electrons. The second-order valence-corrected chi connectivity index (χ2v) is 5.42. The zero-order valence-corrected chi connectivity index (χ0v) is 6.83. The van der Waals surface area contributed by atoms with Gasteiger partial charge in [-0.3, -0.25) is 0 Å². The van der Waals surface area contributed by atoms with Crippen LogP contribution in [0.5, 0.6) is 0 Å². The van der Waals surface area contributed by atoms with Crippen LogP contribution < -0.4 is 0 Å². The average Bonchev–Trinajstić information content (AvgIpc) is 2.11. The molecule has 1 aliphatic rings. The van der Waals surface area contributed by atoms with Crippen LogP contribution >= 0.6 is 10.7 Å². The van der Waals surface area contributed by atoms with Crippen LogP contribution in [0.1, 0.15) is 19.3 Å². The Labute approximate surface area is 63.8 Å². The van der Waals surface area contributed by atoms with Gasteiger partial charge in [0.05, 0.1) is 5.25 Å². The van der Waals surface area contributed by atoms with E-state index < -0.39 is 20.5 Å². The summed E-state index contributed by atoms with van der Waals surface area (Å²) in [6.07, 6.45) is -0.200. The third-order valence-corrected chi connectivity index (χ3v) is 3.70. The Kier molecular flexibility index (Phi) is 2.20. The first-order valence-electron chi connectivity index (χ1n) is 3.07. The molecule has 0 heterocycles.